The van der Waals surface area contributed by atoms with E-state index < -0.39 is 0 Å². The number of nitrogen functional groups attached to an aromatic ring is 1. The third-order valence-electron chi connectivity index (χ3n) is 3.32. The largest absolute Gasteiger partial charge is 0.383 e. The third kappa shape index (κ3) is 1.73. The van der Waals surface area contributed by atoms with Crippen molar-refractivity contribution in [2.75, 3.05) is 5.73 Å². The Bertz CT molecular complexity index is 415. The fraction of sp³-hybridized carbons (Fsp3) is 0.636. The molecule has 1 aromatic heterocycles. The van der Waals surface area contributed by atoms with Crippen LogP contribution in [0.5, 0.6) is 0 Å². The number of hydrogen-bond acceptors (Lipinski definition) is 3. The van der Waals surface area contributed by atoms with Crippen LogP contribution in [0.25, 0.3) is 0 Å². The van der Waals surface area contributed by atoms with Crippen LogP contribution < -0.4 is 5.73 Å². The number of anilines is 1. The first kappa shape index (κ1) is 9.81. The molecule has 0 bridgehead atoms. The van der Waals surface area contributed by atoms with Crippen LogP contribution in [0, 0.1) is 9.49 Å². The molecule has 0 amide bonds. The van der Waals surface area contributed by atoms with E-state index in [2.05, 4.69) is 34.5 Å². The maximum atomic E-state index is 5.94. The van der Waals surface area contributed by atoms with Crippen LogP contribution in [0.2, 0.25) is 0 Å². The second kappa shape index (κ2) is 3.30. The summed E-state index contributed by atoms with van der Waals surface area (Å²) < 4.78 is 1.08. The van der Waals surface area contributed by atoms with Crippen molar-refractivity contribution in [3.05, 3.63) is 15.1 Å². The standard InChI is InChI=1S/C11H14IN3/c1-5-4-7(5)11-14-9(6-2-3-6)8(12)10(13)15-11/h5-7H,2-4H2,1H3,(H2,13,14,15). The van der Waals surface area contributed by atoms with Crippen molar-refractivity contribution in [1.82, 2.24) is 9.97 Å². The Kier molecular flexibility index (Phi) is 2.16. The Morgan fingerprint density at radius 1 is 1.33 bits per heavy atom. The number of nitrogens with zero attached hydrogens (tertiary/aromatic N) is 2. The average Bonchev–Trinajstić information content (AvgIpc) is 3.04. The number of hydrogen-bond donors (Lipinski definition) is 1. The molecule has 0 aromatic carbocycles. The maximum absolute atomic E-state index is 5.94. The van der Waals surface area contributed by atoms with E-state index in [1.807, 2.05) is 0 Å². The van der Waals surface area contributed by atoms with Crippen LogP contribution in [0.3, 0.4) is 0 Å². The lowest BCUT2D eigenvalue weighted by molar-refractivity contribution is 0.817. The van der Waals surface area contributed by atoms with Gasteiger partial charge in [-0.15, -0.1) is 0 Å². The predicted molar refractivity (Wildman–Crippen MR) is 67.7 cm³/mol. The van der Waals surface area contributed by atoms with Crippen molar-refractivity contribution >= 4 is 28.4 Å². The molecule has 4 heteroatoms. The Labute approximate surface area is 103 Å². The zero-order valence-electron chi connectivity index (χ0n) is 8.70. The van der Waals surface area contributed by atoms with Crippen LogP contribution in [0.1, 0.15) is 49.5 Å². The first-order valence-corrected chi connectivity index (χ1v) is 6.57. The highest BCUT2D eigenvalue weighted by Gasteiger charge is 2.38. The van der Waals surface area contributed by atoms with Gasteiger partial charge in [0.25, 0.3) is 0 Å². The van der Waals surface area contributed by atoms with Gasteiger partial charge in [0, 0.05) is 11.8 Å². The van der Waals surface area contributed by atoms with E-state index in [0.29, 0.717) is 17.7 Å². The van der Waals surface area contributed by atoms with Crippen LogP contribution >= 0.6 is 22.6 Å². The molecule has 0 saturated heterocycles. The van der Waals surface area contributed by atoms with Crippen LogP contribution in [-0.2, 0) is 0 Å². The zero-order valence-corrected chi connectivity index (χ0v) is 10.9. The lowest BCUT2D eigenvalue weighted by Gasteiger charge is -2.07. The molecule has 0 aliphatic heterocycles. The predicted octanol–water partition coefficient (Wildman–Crippen LogP) is 2.66. The molecule has 15 heavy (non-hydrogen) atoms. The Morgan fingerprint density at radius 3 is 2.53 bits per heavy atom. The van der Waals surface area contributed by atoms with Crippen molar-refractivity contribution in [1.29, 1.82) is 0 Å². The van der Waals surface area contributed by atoms with E-state index in [-0.39, 0.29) is 0 Å². The summed E-state index contributed by atoms with van der Waals surface area (Å²) >= 11 is 2.28. The summed E-state index contributed by atoms with van der Waals surface area (Å²) in [6.07, 6.45) is 3.77. The molecule has 2 atom stereocenters. The fourth-order valence-electron chi connectivity index (χ4n) is 1.98. The van der Waals surface area contributed by atoms with Gasteiger partial charge in [0.05, 0.1) is 9.26 Å². The van der Waals surface area contributed by atoms with Gasteiger partial charge in [-0.25, -0.2) is 9.97 Å². The number of halogens is 1. The van der Waals surface area contributed by atoms with E-state index in [9.17, 15) is 0 Å². The summed E-state index contributed by atoms with van der Waals surface area (Å²) in [6, 6.07) is 0. The molecular weight excluding hydrogens is 301 g/mol. The highest BCUT2D eigenvalue weighted by Crippen LogP contribution is 2.48. The summed E-state index contributed by atoms with van der Waals surface area (Å²) in [5, 5.41) is 0. The minimum absolute atomic E-state index is 0.571. The normalized spacial score (nSPS) is 29.2. The van der Waals surface area contributed by atoms with Crippen LogP contribution in [-0.4, -0.2) is 9.97 Å². The zero-order chi connectivity index (χ0) is 10.6. The summed E-state index contributed by atoms with van der Waals surface area (Å²) in [4.78, 5) is 9.12. The van der Waals surface area contributed by atoms with E-state index in [0.717, 1.165) is 15.3 Å². The van der Waals surface area contributed by atoms with Crippen molar-refractivity contribution in [3.8, 4) is 0 Å². The van der Waals surface area contributed by atoms with E-state index in [1.165, 1.54) is 25.0 Å². The topological polar surface area (TPSA) is 51.8 Å². The third-order valence-corrected chi connectivity index (χ3v) is 4.43. The van der Waals surface area contributed by atoms with Gasteiger partial charge < -0.3 is 5.73 Å². The Hall–Kier alpha value is -0.390. The number of rotatable bonds is 2. The molecule has 0 radical (unpaired) electrons. The molecule has 80 valence electrons. The molecule has 2 unspecified atom stereocenters. The van der Waals surface area contributed by atoms with Gasteiger partial charge in [-0.2, -0.15) is 0 Å². The van der Waals surface area contributed by atoms with Crippen LogP contribution in [0.15, 0.2) is 0 Å². The second-order valence-electron chi connectivity index (χ2n) is 4.76. The minimum Gasteiger partial charge on any atom is -0.383 e. The molecule has 2 N–H and O–H groups in total. The number of nitrogens with two attached hydrogens (primary N) is 1. The quantitative estimate of drug-likeness (QED) is 0.854. The van der Waals surface area contributed by atoms with Gasteiger partial charge in [0.15, 0.2) is 0 Å². The van der Waals surface area contributed by atoms with Crippen molar-refractivity contribution < 1.29 is 0 Å². The molecule has 1 aromatic rings. The van der Waals surface area contributed by atoms with E-state index in [1.54, 1.807) is 0 Å². The van der Waals surface area contributed by atoms with Gasteiger partial charge in [-0.1, -0.05) is 6.92 Å². The van der Waals surface area contributed by atoms with Crippen LogP contribution in [0.4, 0.5) is 5.82 Å². The van der Waals surface area contributed by atoms with E-state index >= 15 is 0 Å². The fourth-order valence-corrected chi connectivity index (χ4v) is 2.66. The summed E-state index contributed by atoms with van der Waals surface area (Å²) in [5.74, 6) is 3.65. The molecule has 0 spiro atoms. The molecule has 2 saturated carbocycles. The number of aromatic nitrogens is 2. The molecule has 2 aliphatic rings. The first-order chi connectivity index (χ1) is 7.16. The maximum Gasteiger partial charge on any atom is 0.140 e. The van der Waals surface area contributed by atoms with Gasteiger partial charge >= 0.3 is 0 Å². The monoisotopic (exact) mass is 315 g/mol. The molecular formula is C11H14IN3. The second-order valence-corrected chi connectivity index (χ2v) is 5.84. The minimum atomic E-state index is 0.571. The Morgan fingerprint density at radius 2 is 2.00 bits per heavy atom. The average molecular weight is 315 g/mol. The molecule has 2 fully saturated rings. The van der Waals surface area contributed by atoms with Gasteiger partial charge in [0.2, 0.25) is 0 Å². The first-order valence-electron chi connectivity index (χ1n) is 5.49. The Balaban J connectivity index is 2.02. The summed E-state index contributed by atoms with van der Waals surface area (Å²) in [5.41, 5.74) is 7.15. The SMILES string of the molecule is CC1CC1c1nc(N)c(I)c(C2CC2)n1. The summed E-state index contributed by atoms with van der Waals surface area (Å²) in [7, 11) is 0. The van der Waals surface area contributed by atoms with Crippen molar-refractivity contribution in [2.24, 2.45) is 5.92 Å². The van der Waals surface area contributed by atoms with Gasteiger partial charge in [0.1, 0.15) is 11.6 Å². The molecule has 2 aliphatic carbocycles. The van der Waals surface area contributed by atoms with Gasteiger partial charge in [-0.05, 0) is 47.8 Å². The summed E-state index contributed by atoms with van der Waals surface area (Å²) in [6.45, 7) is 2.25. The lowest BCUT2D eigenvalue weighted by Crippen LogP contribution is -2.06. The highest BCUT2D eigenvalue weighted by molar-refractivity contribution is 14.1. The lowest BCUT2D eigenvalue weighted by atomic mass is 10.2. The smallest absolute Gasteiger partial charge is 0.140 e. The molecule has 3 nitrogen and oxygen atoms in total. The van der Waals surface area contributed by atoms with Gasteiger partial charge in [-0.3, -0.25) is 0 Å². The molecule has 3 rings (SSSR count). The van der Waals surface area contributed by atoms with Crippen molar-refractivity contribution in [3.63, 3.8) is 0 Å². The molecule has 1 heterocycles. The van der Waals surface area contributed by atoms with Crippen molar-refractivity contribution in [2.45, 2.75) is 38.0 Å². The highest BCUT2D eigenvalue weighted by atomic mass is 127. The van der Waals surface area contributed by atoms with E-state index in [4.69, 9.17) is 10.7 Å².